The van der Waals surface area contributed by atoms with Gasteiger partial charge in [-0.2, -0.15) is 0 Å². The second-order valence-electron chi connectivity index (χ2n) is 7.18. The van der Waals surface area contributed by atoms with Crippen LogP contribution >= 0.6 is 11.6 Å². The SMILES string of the molecule is CC1(N)NC(Cl)(c2ccc(F)cc2)C(c2ccncc2)=CC1c1nnc(C(N)=O)o1. The zero-order chi connectivity index (χ0) is 21.5. The third kappa shape index (κ3) is 3.47. The highest BCUT2D eigenvalue weighted by Gasteiger charge is 2.49. The van der Waals surface area contributed by atoms with E-state index in [1.807, 2.05) is 0 Å². The van der Waals surface area contributed by atoms with Gasteiger partial charge in [-0.05, 0) is 47.9 Å². The third-order valence-electron chi connectivity index (χ3n) is 4.94. The van der Waals surface area contributed by atoms with Crippen molar-refractivity contribution in [1.82, 2.24) is 20.5 Å². The Morgan fingerprint density at radius 1 is 1.20 bits per heavy atom. The molecule has 2 aromatic heterocycles. The number of alkyl halides is 1. The molecule has 0 saturated carbocycles. The van der Waals surface area contributed by atoms with Gasteiger partial charge in [0.2, 0.25) is 5.89 Å². The van der Waals surface area contributed by atoms with Gasteiger partial charge < -0.3 is 15.9 Å². The fourth-order valence-corrected chi connectivity index (χ4v) is 3.99. The Labute approximate surface area is 176 Å². The molecule has 3 aromatic rings. The van der Waals surface area contributed by atoms with Gasteiger partial charge in [-0.25, -0.2) is 4.39 Å². The molecule has 3 heterocycles. The molecule has 0 spiro atoms. The second kappa shape index (κ2) is 7.28. The summed E-state index contributed by atoms with van der Waals surface area (Å²) in [5, 5.41) is 10.8. The zero-order valence-corrected chi connectivity index (χ0v) is 16.6. The van der Waals surface area contributed by atoms with Gasteiger partial charge in [-0.15, -0.1) is 10.2 Å². The zero-order valence-electron chi connectivity index (χ0n) is 15.8. The molecule has 0 radical (unpaired) electrons. The van der Waals surface area contributed by atoms with Crippen LogP contribution in [-0.2, 0) is 5.00 Å². The third-order valence-corrected chi connectivity index (χ3v) is 5.46. The van der Waals surface area contributed by atoms with Gasteiger partial charge in [0, 0.05) is 12.4 Å². The molecule has 3 atom stereocenters. The molecular formula is C20H18ClFN6O2. The highest BCUT2D eigenvalue weighted by Crippen LogP contribution is 2.48. The van der Waals surface area contributed by atoms with Gasteiger partial charge in [0.15, 0.2) is 0 Å². The lowest BCUT2D eigenvalue weighted by Crippen LogP contribution is -2.63. The number of hydrogen-bond acceptors (Lipinski definition) is 7. The summed E-state index contributed by atoms with van der Waals surface area (Å²) in [4.78, 5) is 14.1. The molecule has 30 heavy (non-hydrogen) atoms. The number of primary amides is 1. The van der Waals surface area contributed by atoms with Crippen LogP contribution in [0.5, 0.6) is 0 Å². The van der Waals surface area contributed by atoms with Crippen LogP contribution in [0.3, 0.4) is 0 Å². The number of pyridine rings is 1. The molecule has 1 aromatic carbocycles. The fourth-order valence-electron chi connectivity index (χ4n) is 3.49. The molecule has 3 unspecified atom stereocenters. The highest BCUT2D eigenvalue weighted by molar-refractivity contribution is 6.30. The smallest absolute Gasteiger partial charge is 0.306 e. The number of nitrogens with one attached hydrogen (secondary N) is 1. The van der Waals surface area contributed by atoms with E-state index >= 15 is 0 Å². The summed E-state index contributed by atoms with van der Waals surface area (Å²) in [6, 6.07) is 9.38. The molecule has 0 fully saturated rings. The Morgan fingerprint density at radius 2 is 1.87 bits per heavy atom. The van der Waals surface area contributed by atoms with Gasteiger partial charge in [-0.1, -0.05) is 29.8 Å². The number of nitrogens with zero attached hydrogens (tertiary/aromatic N) is 3. The van der Waals surface area contributed by atoms with Crippen LogP contribution in [0.25, 0.3) is 5.57 Å². The van der Waals surface area contributed by atoms with Crippen LogP contribution in [0.2, 0.25) is 0 Å². The van der Waals surface area contributed by atoms with Crippen LogP contribution in [0, 0.1) is 5.82 Å². The molecule has 8 nitrogen and oxygen atoms in total. The molecule has 5 N–H and O–H groups in total. The average molecular weight is 429 g/mol. The molecule has 0 aliphatic carbocycles. The first-order valence-electron chi connectivity index (χ1n) is 9.00. The molecule has 10 heteroatoms. The highest BCUT2D eigenvalue weighted by atomic mass is 35.5. The van der Waals surface area contributed by atoms with Crippen molar-refractivity contribution in [3.8, 4) is 0 Å². The second-order valence-corrected chi connectivity index (χ2v) is 7.74. The van der Waals surface area contributed by atoms with E-state index in [1.54, 1.807) is 49.7 Å². The average Bonchev–Trinajstić information content (AvgIpc) is 3.18. The van der Waals surface area contributed by atoms with E-state index in [0.717, 1.165) is 5.56 Å². The molecule has 1 aliphatic heterocycles. The van der Waals surface area contributed by atoms with Crippen molar-refractivity contribution in [3.05, 3.63) is 83.6 Å². The first-order chi connectivity index (χ1) is 14.2. The number of benzene rings is 1. The summed E-state index contributed by atoms with van der Waals surface area (Å²) < 4.78 is 19.0. The minimum Gasteiger partial charge on any atom is -0.416 e. The Kier molecular flexibility index (Phi) is 4.89. The summed E-state index contributed by atoms with van der Waals surface area (Å²) in [6.45, 7) is 1.70. The lowest BCUT2D eigenvalue weighted by Gasteiger charge is -2.46. The van der Waals surface area contributed by atoms with Crippen molar-refractivity contribution in [2.24, 2.45) is 11.5 Å². The van der Waals surface area contributed by atoms with Crippen molar-refractivity contribution in [1.29, 1.82) is 0 Å². The quantitative estimate of drug-likeness (QED) is 0.428. The van der Waals surface area contributed by atoms with E-state index < -0.39 is 22.5 Å². The van der Waals surface area contributed by atoms with Crippen LogP contribution in [-0.4, -0.2) is 26.8 Å². The predicted molar refractivity (Wildman–Crippen MR) is 107 cm³/mol. The van der Waals surface area contributed by atoms with Crippen LogP contribution < -0.4 is 16.8 Å². The summed E-state index contributed by atoms with van der Waals surface area (Å²) in [6.07, 6.45) is 5.04. The predicted octanol–water partition coefficient (Wildman–Crippen LogP) is 2.24. The molecule has 0 bridgehead atoms. The maximum absolute atomic E-state index is 13.5. The van der Waals surface area contributed by atoms with E-state index in [-0.39, 0.29) is 17.6 Å². The van der Waals surface area contributed by atoms with E-state index in [2.05, 4.69) is 20.5 Å². The van der Waals surface area contributed by atoms with E-state index in [9.17, 15) is 9.18 Å². The molecule has 4 rings (SSSR count). The van der Waals surface area contributed by atoms with Gasteiger partial charge >= 0.3 is 11.8 Å². The van der Waals surface area contributed by atoms with E-state index in [1.165, 1.54) is 12.1 Å². The van der Waals surface area contributed by atoms with Gasteiger partial charge in [-0.3, -0.25) is 15.1 Å². The van der Waals surface area contributed by atoms with Crippen molar-refractivity contribution >= 4 is 23.1 Å². The number of amides is 1. The number of halogens is 2. The number of aromatic nitrogens is 3. The Balaban J connectivity index is 1.90. The maximum atomic E-state index is 13.5. The standard InChI is InChI=1S/C20H18ClFN6O2/c1-19(24)15(17-26-27-18(30-17)16(23)29)10-14(11-6-8-25-9-7-11)20(21,28-19)12-2-4-13(22)5-3-12/h2-10,15,28H,24H2,1H3,(H2,23,29). The first-order valence-corrected chi connectivity index (χ1v) is 9.37. The molecule has 1 amide bonds. The summed E-state index contributed by atoms with van der Waals surface area (Å²) in [5.41, 5.74) is 12.6. The summed E-state index contributed by atoms with van der Waals surface area (Å²) in [5.74, 6) is -2.09. The summed E-state index contributed by atoms with van der Waals surface area (Å²) >= 11 is 7.10. The van der Waals surface area contributed by atoms with Crippen molar-refractivity contribution in [2.75, 3.05) is 0 Å². The molecular weight excluding hydrogens is 411 g/mol. The number of carbonyl (C=O) groups excluding carboxylic acids is 1. The lowest BCUT2D eigenvalue weighted by atomic mass is 9.80. The van der Waals surface area contributed by atoms with Crippen molar-refractivity contribution in [2.45, 2.75) is 23.5 Å². The van der Waals surface area contributed by atoms with E-state index in [0.29, 0.717) is 11.1 Å². The minimum absolute atomic E-state index is 0.102. The lowest BCUT2D eigenvalue weighted by molar-refractivity contribution is 0.0963. The Bertz CT molecular complexity index is 1120. The first kappa shape index (κ1) is 20.1. The van der Waals surface area contributed by atoms with Crippen molar-refractivity contribution < 1.29 is 13.6 Å². The number of rotatable bonds is 4. The number of carbonyl (C=O) groups is 1. The van der Waals surface area contributed by atoms with Crippen LogP contribution in [0.15, 0.2) is 59.3 Å². The topological polar surface area (TPSA) is 133 Å². The maximum Gasteiger partial charge on any atom is 0.306 e. The Morgan fingerprint density at radius 3 is 2.47 bits per heavy atom. The molecule has 1 aliphatic rings. The van der Waals surface area contributed by atoms with Crippen LogP contribution in [0.4, 0.5) is 4.39 Å². The van der Waals surface area contributed by atoms with Crippen molar-refractivity contribution in [3.63, 3.8) is 0 Å². The number of hydrogen-bond donors (Lipinski definition) is 3. The number of nitrogens with two attached hydrogens (primary N) is 2. The van der Waals surface area contributed by atoms with Crippen LogP contribution in [0.1, 0.15) is 40.5 Å². The largest absolute Gasteiger partial charge is 0.416 e. The van der Waals surface area contributed by atoms with Gasteiger partial charge in [0.1, 0.15) is 10.8 Å². The van der Waals surface area contributed by atoms with Gasteiger partial charge in [0.05, 0.1) is 11.6 Å². The molecule has 154 valence electrons. The van der Waals surface area contributed by atoms with Gasteiger partial charge in [0.25, 0.3) is 0 Å². The fraction of sp³-hybridized carbons (Fsp3) is 0.200. The normalized spacial score (nSPS) is 26.3. The molecule has 0 saturated heterocycles. The van der Waals surface area contributed by atoms with E-state index in [4.69, 9.17) is 27.5 Å². The Hall–Kier alpha value is -3.14. The minimum atomic E-state index is -1.29. The monoisotopic (exact) mass is 428 g/mol. The summed E-state index contributed by atoms with van der Waals surface area (Å²) in [7, 11) is 0.